The Kier molecular flexibility index (Phi) is 5.20. The molecule has 3 heteroatoms. The fourth-order valence-electron chi connectivity index (χ4n) is 0.637. The Hall–Kier alpha value is -0.310. The second-order valence-corrected chi connectivity index (χ2v) is 4.01. The third-order valence-corrected chi connectivity index (χ3v) is 1.35. The summed E-state index contributed by atoms with van der Waals surface area (Å²) in [5.74, 6) is 0.499. The van der Waals surface area contributed by atoms with Crippen LogP contribution in [0.1, 0.15) is 20.3 Å². The summed E-state index contributed by atoms with van der Waals surface area (Å²) in [6.07, 6.45) is 0.584. The molecule has 0 aliphatic rings. The zero-order chi connectivity index (χ0) is 8.85. The van der Waals surface area contributed by atoms with Gasteiger partial charge in [0.05, 0.1) is 0 Å². The van der Waals surface area contributed by atoms with Gasteiger partial charge in [0.15, 0.2) is 0 Å². The number of hydrogen-bond acceptors (Lipinski definition) is 1. The lowest BCUT2D eigenvalue weighted by Crippen LogP contribution is -2.25. The molecule has 0 saturated carbocycles. The van der Waals surface area contributed by atoms with Crippen LogP contribution in [-0.4, -0.2) is 12.5 Å². The van der Waals surface area contributed by atoms with Gasteiger partial charge in [0.1, 0.15) is 0 Å². The molecule has 0 aliphatic carbocycles. The number of halogens is 1. The molecule has 0 bridgehead atoms. The van der Waals surface area contributed by atoms with Crippen LogP contribution in [0, 0.1) is 5.92 Å². The van der Waals surface area contributed by atoms with E-state index in [1.165, 1.54) is 0 Å². The fraction of sp³-hybridized carbons (Fsp3) is 0.625. The number of carbonyl (C=O) groups excluding carboxylic acids is 1. The predicted molar refractivity (Wildman–Crippen MR) is 50.5 cm³/mol. The zero-order valence-corrected chi connectivity index (χ0v) is 8.57. The van der Waals surface area contributed by atoms with Gasteiger partial charge in [-0.05, 0) is 5.92 Å². The van der Waals surface area contributed by atoms with E-state index in [1.807, 2.05) is 13.8 Å². The summed E-state index contributed by atoms with van der Waals surface area (Å²) in [5, 5.41) is 2.73. The van der Waals surface area contributed by atoms with Gasteiger partial charge >= 0.3 is 0 Å². The van der Waals surface area contributed by atoms with Crippen molar-refractivity contribution in [1.82, 2.24) is 5.32 Å². The summed E-state index contributed by atoms with van der Waals surface area (Å²) in [6, 6.07) is 0. The summed E-state index contributed by atoms with van der Waals surface area (Å²) in [4.78, 5) is 11.0. The van der Waals surface area contributed by atoms with Crippen molar-refractivity contribution < 1.29 is 4.79 Å². The highest BCUT2D eigenvalue weighted by Gasteiger charge is 2.02. The van der Waals surface area contributed by atoms with Crippen LogP contribution < -0.4 is 5.32 Å². The molecule has 0 fully saturated rings. The van der Waals surface area contributed by atoms with Crippen LogP contribution in [0.25, 0.3) is 0 Å². The van der Waals surface area contributed by atoms with Crippen molar-refractivity contribution in [3.63, 3.8) is 0 Å². The first kappa shape index (κ1) is 10.7. The maximum Gasteiger partial charge on any atom is 0.220 e. The summed E-state index contributed by atoms with van der Waals surface area (Å²) in [5.41, 5.74) is 0. The Labute approximate surface area is 76.2 Å². The van der Waals surface area contributed by atoms with Gasteiger partial charge in [0, 0.05) is 17.4 Å². The van der Waals surface area contributed by atoms with Crippen molar-refractivity contribution in [2.75, 3.05) is 6.54 Å². The molecule has 0 aliphatic heterocycles. The Balaban J connectivity index is 3.45. The average Bonchev–Trinajstić information content (AvgIpc) is 1.82. The number of hydrogen-bond donors (Lipinski definition) is 1. The Morgan fingerprint density at radius 2 is 2.18 bits per heavy atom. The smallest absolute Gasteiger partial charge is 0.220 e. The standard InChI is InChI=1S/C8H14BrNO/c1-6(2)4-8(11)10-5-7(3)9/h6H,3-5H2,1-2H3,(H,10,11). The molecule has 64 valence electrons. The van der Waals surface area contributed by atoms with Crippen molar-refractivity contribution in [1.29, 1.82) is 0 Å². The fourth-order valence-corrected chi connectivity index (χ4v) is 0.778. The van der Waals surface area contributed by atoms with Crippen molar-refractivity contribution in [2.45, 2.75) is 20.3 Å². The largest absolute Gasteiger partial charge is 0.352 e. The van der Waals surface area contributed by atoms with E-state index >= 15 is 0 Å². The second-order valence-electron chi connectivity index (χ2n) is 2.89. The van der Waals surface area contributed by atoms with Crippen molar-refractivity contribution in [3.8, 4) is 0 Å². The molecule has 1 amide bonds. The van der Waals surface area contributed by atoms with E-state index in [0.29, 0.717) is 18.9 Å². The number of amides is 1. The van der Waals surface area contributed by atoms with Crippen LogP contribution in [-0.2, 0) is 4.79 Å². The highest BCUT2D eigenvalue weighted by molar-refractivity contribution is 9.11. The first-order valence-electron chi connectivity index (χ1n) is 3.62. The molecule has 0 unspecified atom stereocenters. The minimum absolute atomic E-state index is 0.0839. The molecule has 0 saturated heterocycles. The van der Waals surface area contributed by atoms with Gasteiger partial charge in [0.25, 0.3) is 0 Å². The first-order chi connectivity index (χ1) is 5.02. The second kappa shape index (κ2) is 5.35. The van der Waals surface area contributed by atoms with E-state index in [2.05, 4.69) is 27.8 Å². The molecule has 2 nitrogen and oxygen atoms in total. The van der Waals surface area contributed by atoms with Crippen LogP contribution >= 0.6 is 15.9 Å². The molecule has 0 aromatic rings. The third kappa shape index (κ3) is 7.59. The monoisotopic (exact) mass is 219 g/mol. The van der Waals surface area contributed by atoms with Gasteiger partial charge in [-0.25, -0.2) is 0 Å². The lowest BCUT2D eigenvalue weighted by atomic mass is 10.1. The summed E-state index contributed by atoms with van der Waals surface area (Å²) < 4.78 is 0.801. The van der Waals surface area contributed by atoms with E-state index in [0.717, 1.165) is 4.48 Å². The molecule has 0 aromatic carbocycles. The minimum atomic E-state index is 0.0839. The van der Waals surface area contributed by atoms with Crippen LogP contribution in [0.5, 0.6) is 0 Å². The lowest BCUT2D eigenvalue weighted by Gasteiger charge is -2.05. The van der Waals surface area contributed by atoms with Crippen LogP contribution in [0.4, 0.5) is 0 Å². The van der Waals surface area contributed by atoms with E-state index in [9.17, 15) is 4.79 Å². The van der Waals surface area contributed by atoms with Gasteiger partial charge in [-0.3, -0.25) is 4.79 Å². The molecular weight excluding hydrogens is 206 g/mol. The molecule has 0 heterocycles. The van der Waals surface area contributed by atoms with Gasteiger partial charge in [-0.15, -0.1) is 0 Å². The molecule has 0 atom stereocenters. The molecule has 0 spiro atoms. The highest BCUT2D eigenvalue weighted by atomic mass is 79.9. The normalized spacial score (nSPS) is 9.82. The van der Waals surface area contributed by atoms with Crippen LogP contribution in [0.15, 0.2) is 11.1 Å². The van der Waals surface area contributed by atoms with E-state index in [-0.39, 0.29) is 5.91 Å². The van der Waals surface area contributed by atoms with Gasteiger partial charge in [-0.2, -0.15) is 0 Å². The third-order valence-electron chi connectivity index (χ3n) is 1.07. The molecule has 11 heavy (non-hydrogen) atoms. The summed E-state index contributed by atoms with van der Waals surface area (Å²) in [6.45, 7) is 8.16. The van der Waals surface area contributed by atoms with Crippen LogP contribution in [0.2, 0.25) is 0 Å². The maximum absolute atomic E-state index is 11.0. The minimum Gasteiger partial charge on any atom is -0.352 e. The van der Waals surface area contributed by atoms with Gasteiger partial charge in [0.2, 0.25) is 5.91 Å². The van der Waals surface area contributed by atoms with Crippen molar-refractivity contribution in [3.05, 3.63) is 11.1 Å². The molecule has 0 aromatic heterocycles. The van der Waals surface area contributed by atoms with Crippen molar-refractivity contribution >= 4 is 21.8 Å². The summed E-state index contributed by atoms with van der Waals surface area (Å²) in [7, 11) is 0. The average molecular weight is 220 g/mol. The topological polar surface area (TPSA) is 29.1 Å². The Bertz CT molecular complexity index is 154. The SMILES string of the molecule is C=C(Br)CNC(=O)CC(C)C. The molecule has 0 rings (SSSR count). The predicted octanol–water partition coefficient (Wildman–Crippen LogP) is 2.06. The number of carbonyl (C=O) groups is 1. The van der Waals surface area contributed by atoms with E-state index in [4.69, 9.17) is 0 Å². The summed E-state index contributed by atoms with van der Waals surface area (Å²) >= 11 is 3.16. The lowest BCUT2D eigenvalue weighted by molar-refractivity contribution is -0.121. The number of nitrogens with one attached hydrogen (secondary N) is 1. The quantitative estimate of drug-likeness (QED) is 0.771. The van der Waals surface area contributed by atoms with E-state index in [1.54, 1.807) is 0 Å². The maximum atomic E-state index is 11.0. The molecule has 0 radical (unpaired) electrons. The van der Waals surface area contributed by atoms with E-state index < -0.39 is 0 Å². The van der Waals surface area contributed by atoms with Crippen molar-refractivity contribution in [2.24, 2.45) is 5.92 Å². The Morgan fingerprint density at radius 3 is 2.55 bits per heavy atom. The Morgan fingerprint density at radius 1 is 1.64 bits per heavy atom. The highest BCUT2D eigenvalue weighted by Crippen LogP contribution is 2.00. The van der Waals surface area contributed by atoms with Crippen LogP contribution in [0.3, 0.4) is 0 Å². The number of rotatable bonds is 4. The zero-order valence-electron chi connectivity index (χ0n) is 6.98. The first-order valence-corrected chi connectivity index (χ1v) is 4.41. The van der Waals surface area contributed by atoms with Gasteiger partial charge < -0.3 is 5.32 Å². The molecular formula is C8H14BrNO. The van der Waals surface area contributed by atoms with Gasteiger partial charge in [-0.1, -0.05) is 36.4 Å². The molecule has 1 N–H and O–H groups in total.